The van der Waals surface area contributed by atoms with E-state index in [0.29, 0.717) is 24.4 Å². The first-order valence-electron chi connectivity index (χ1n) is 7.24. The molecular formula is C16H21NO3. The van der Waals surface area contributed by atoms with E-state index < -0.39 is 6.09 Å². The van der Waals surface area contributed by atoms with Crippen LogP contribution in [-0.4, -0.2) is 36.3 Å². The molecule has 1 aliphatic carbocycles. The molecule has 1 N–H and O–H groups in total. The van der Waals surface area contributed by atoms with E-state index in [-0.39, 0.29) is 0 Å². The molecule has 4 nitrogen and oxygen atoms in total. The summed E-state index contributed by atoms with van der Waals surface area (Å²) >= 11 is 0. The number of likely N-dealkylation sites (tertiary alicyclic amines) is 1. The number of amides is 1. The largest absolute Gasteiger partial charge is 0.497 e. The molecule has 1 amide bonds. The lowest BCUT2D eigenvalue weighted by molar-refractivity contribution is 0.0189. The molecule has 0 atom stereocenters. The number of carboxylic acid groups (broad SMARTS) is 1. The SMILES string of the molecule is COc1cccc(C2CC3(CCN(C(=O)O)CC3)C2)c1. The summed E-state index contributed by atoms with van der Waals surface area (Å²) in [6.45, 7) is 1.39. The molecule has 3 rings (SSSR count). The summed E-state index contributed by atoms with van der Waals surface area (Å²) in [6, 6.07) is 8.33. The number of methoxy groups -OCH3 is 1. The third-order valence-corrected chi connectivity index (χ3v) is 5.02. The van der Waals surface area contributed by atoms with Crippen molar-refractivity contribution in [2.24, 2.45) is 5.41 Å². The molecule has 108 valence electrons. The number of hydrogen-bond donors (Lipinski definition) is 1. The Morgan fingerprint density at radius 2 is 2.05 bits per heavy atom. The molecule has 0 unspecified atom stereocenters. The summed E-state index contributed by atoms with van der Waals surface area (Å²) in [4.78, 5) is 12.5. The van der Waals surface area contributed by atoms with Gasteiger partial charge in [-0.3, -0.25) is 0 Å². The van der Waals surface area contributed by atoms with Gasteiger partial charge in [-0.1, -0.05) is 12.1 Å². The molecule has 0 bridgehead atoms. The van der Waals surface area contributed by atoms with Gasteiger partial charge in [0.2, 0.25) is 0 Å². The number of carbonyl (C=O) groups is 1. The van der Waals surface area contributed by atoms with Gasteiger partial charge >= 0.3 is 6.09 Å². The van der Waals surface area contributed by atoms with Crippen molar-refractivity contribution in [1.82, 2.24) is 4.90 Å². The van der Waals surface area contributed by atoms with E-state index in [9.17, 15) is 4.79 Å². The molecule has 1 aromatic rings. The second-order valence-electron chi connectivity index (χ2n) is 6.15. The van der Waals surface area contributed by atoms with Crippen LogP contribution >= 0.6 is 0 Å². The number of rotatable bonds is 2. The van der Waals surface area contributed by atoms with Crippen LogP contribution in [0, 0.1) is 5.41 Å². The van der Waals surface area contributed by atoms with E-state index in [1.54, 1.807) is 12.0 Å². The van der Waals surface area contributed by atoms with Crippen LogP contribution in [0.1, 0.15) is 37.2 Å². The maximum absolute atomic E-state index is 10.9. The van der Waals surface area contributed by atoms with E-state index in [0.717, 1.165) is 18.6 Å². The van der Waals surface area contributed by atoms with Crippen molar-refractivity contribution in [3.63, 3.8) is 0 Å². The van der Waals surface area contributed by atoms with Gasteiger partial charge in [0.25, 0.3) is 0 Å². The summed E-state index contributed by atoms with van der Waals surface area (Å²) in [5, 5.41) is 9.00. The Bertz CT molecular complexity index is 498. The lowest BCUT2D eigenvalue weighted by Gasteiger charge is -2.52. The maximum Gasteiger partial charge on any atom is 0.407 e. The smallest absolute Gasteiger partial charge is 0.407 e. The van der Waals surface area contributed by atoms with E-state index in [1.165, 1.54) is 18.4 Å². The third kappa shape index (κ3) is 2.35. The summed E-state index contributed by atoms with van der Waals surface area (Å²) in [5.74, 6) is 1.53. The Kier molecular flexibility index (Phi) is 3.32. The lowest BCUT2D eigenvalue weighted by atomic mass is 9.56. The fourth-order valence-electron chi connectivity index (χ4n) is 3.70. The first-order valence-corrected chi connectivity index (χ1v) is 7.24. The zero-order chi connectivity index (χ0) is 14.2. The van der Waals surface area contributed by atoms with Gasteiger partial charge in [0.1, 0.15) is 5.75 Å². The minimum absolute atomic E-state index is 0.389. The van der Waals surface area contributed by atoms with Crippen molar-refractivity contribution >= 4 is 6.09 Å². The van der Waals surface area contributed by atoms with Crippen LogP contribution in [0.25, 0.3) is 0 Å². The monoisotopic (exact) mass is 275 g/mol. The van der Waals surface area contributed by atoms with Gasteiger partial charge in [-0.15, -0.1) is 0 Å². The minimum Gasteiger partial charge on any atom is -0.497 e. The molecule has 20 heavy (non-hydrogen) atoms. The zero-order valence-corrected chi connectivity index (χ0v) is 11.8. The number of ether oxygens (including phenoxy) is 1. The molecule has 2 aliphatic rings. The van der Waals surface area contributed by atoms with Gasteiger partial charge in [-0.05, 0) is 54.7 Å². The summed E-state index contributed by atoms with van der Waals surface area (Å²) in [5.41, 5.74) is 1.75. The molecule has 0 aromatic heterocycles. The molecule has 1 saturated carbocycles. The van der Waals surface area contributed by atoms with Crippen LogP contribution in [0.4, 0.5) is 4.79 Å². The molecule has 1 heterocycles. The Morgan fingerprint density at radius 1 is 1.35 bits per heavy atom. The highest BCUT2D eigenvalue weighted by molar-refractivity contribution is 5.65. The second kappa shape index (κ2) is 5.00. The Balaban J connectivity index is 1.60. The quantitative estimate of drug-likeness (QED) is 0.900. The van der Waals surface area contributed by atoms with E-state index in [1.807, 2.05) is 12.1 Å². The van der Waals surface area contributed by atoms with Crippen molar-refractivity contribution < 1.29 is 14.6 Å². The molecule has 0 radical (unpaired) electrons. The predicted molar refractivity (Wildman–Crippen MR) is 76.2 cm³/mol. The summed E-state index contributed by atoms with van der Waals surface area (Å²) in [7, 11) is 1.70. The minimum atomic E-state index is -0.775. The lowest BCUT2D eigenvalue weighted by Crippen LogP contribution is -2.47. The first-order chi connectivity index (χ1) is 9.62. The van der Waals surface area contributed by atoms with E-state index >= 15 is 0 Å². The molecule has 1 aliphatic heterocycles. The molecule has 1 spiro atoms. The van der Waals surface area contributed by atoms with Crippen LogP contribution in [0.5, 0.6) is 5.75 Å². The van der Waals surface area contributed by atoms with Gasteiger partial charge in [0, 0.05) is 13.1 Å². The Hall–Kier alpha value is -1.71. The van der Waals surface area contributed by atoms with Crippen LogP contribution in [0.3, 0.4) is 0 Å². The molecule has 1 aromatic carbocycles. The average Bonchev–Trinajstić information content (AvgIpc) is 2.45. The van der Waals surface area contributed by atoms with Crippen LogP contribution in [0.15, 0.2) is 24.3 Å². The highest BCUT2D eigenvalue weighted by Gasteiger charge is 2.46. The first kappa shape index (κ1) is 13.3. The Labute approximate surface area is 119 Å². The second-order valence-corrected chi connectivity index (χ2v) is 6.15. The predicted octanol–water partition coefficient (Wildman–Crippen LogP) is 3.33. The van der Waals surface area contributed by atoms with Gasteiger partial charge < -0.3 is 14.7 Å². The van der Waals surface area contributed by atoms with Crippen LogP contribution in [0.2, 0.25) is 0 Å². The van der Waals surface area contributed by atoms with E-state index in [2.05, 4.69) is 12.1 Å². The van der Waals surface area contributed by atoms with Crippen LogP contribution in [-0.2, 0) is 0 Å². The summed E-state index contributed by atoms with van der Waals surface area (Å²) < 4.78 is 5.28. The van der Waals surface area contributed by atoms with Gasteiger partial charge in [0.05, 0.1) is 7.11 Å². The van der Waals surface area contributed by atoms with Crippen LogP contribution < -0.4 is 4.74 Å². The molecule has 1 saturated heterocycles. The highest BCUT2D eigenvalue weighted by atomic mass is 16.5. The number of benzene rings is 1. The van der Waals surface area contributed by atoms with Crippen molar-refractivity contribution in [3.05, 3.63) is 29.8 Å². The fourth-order valence-corrected chi connectivity index (χ4v) is 3.70. The number of hydrogen-bond acceptors (Lipinski definition) is 2. The number of nitrogens with zero attached hydrogens (tertiary/aromatic N) is 1. The van der Waals surface area contributed by atoms with Crippen molar-refractivity contribution in [2.45, 2.75) is 31.6 Å². The molecule has 2 fully saturated rings. The summed E-state index contributed by atoms with van der Waals surface area (Å²) in [6.07, 6.45) is 3.63. The normalized spacial score (nSPS) is 21.6. The van der Waals surface area contributed by atoms with Crippen molar-refractivity contribution in [3.8, 4) is 5.75 Å². The van der Waals surface area contributed by atoms with Gasteiger partial charge in [-0.25, -0.2) is 4.79 Å². The zero-order valence-electron chi connectivity index (χ0n) is 11.8. The molecule has 4 heteroatoms. The maximum atomic E-state index is 10.9. The number of piperidine rings is 1. The van der Waals surface area contributed by atoms with Gasteiger partial charge in [-0.2, -0.15) is 0 Å². The standard InChI is InChI=1S/C16H21NO3/c1-20-14-4-2-3-12(9-14)13-10-16(11-13)5-7-17(8-6-16)15(18)19/h2-4,9,13H,5-8,10-11H2,1H3,(H,18,19). The topological polar surface area (TPSA) is 49.8 Å². The molecular weight excluding hydrogens is 254 g/mol. The van der Waals surface area contributed by atoms with Crippen molar-refractivity contribution in [2.75, 3.05) is 20.2 Å². The van der Waals surface area contributed by atoms with E-state index in [4.69, 9.17) is 9.84 Å². The highest BCUT2D eigenvalue weighted by Crippen LogP contribution is 2.56. The Morgan fingerprint density at radius 3 is 2.65 bits per heavy atom. The average molecular weight is 275 g/mol. The third-order valence-electron chi connectivity index (χ3n) is 5.02. The fraction of sp³-hybridized carbons (Fsp3) is 0.562. The van der Waals surface area contributed by atoms with Gasteiger partial charge in [0.15, 0.2) is 0 Å². The van der Waals surface area contributed by atoms with Crippen molar-refractivity contribution in [1.29, 1.82) is 0 Å².